The fourth-order valence-corrected chi connectivity index (χ4v) is 2.47. The monoisotopic (exact) mass is 226 g/mol. The number of thiophene rings is 1. The minimum Gasteiger partial charge on any atom is -0.329 e. The van der Waals surface area contributed by atoms with Gasteiger partial charge in [0.2, 0.25) is 0 Å². The maximum Gasteiger partial charge on any atom is 0.0215 e. The van der Waals surface area contributed by atoms with Crippen molar-refractivity contribution in [3.05, 3.63) is 22.4 Å². The minimum absolute atomic E-state index is 0.551. The third-order valence-electron chi connectivity index (χ3n) is 2.81. The van der Waals surface area contributed by atoms with Crippen LogP contribution in [0.25, 0.3) is 0 Å². The van der Waals surface area contributed by atoms with Crippen molar-refractivity contribution in [2.75, 3.05) is 20.1 Å². The fourth-order valence-electron chi connectivity index (χ4n) is 1.78. The molecule has 0 aliphatic carbocycles. The van der Waals surface area contributed by atoms with Gasteiger partial charge in [-0.3, -0.25) is 0 Å². The van der Waals surface area contributed by atoms with Crippen molar-refractivity contribution in [2.24, 2.45) is 5.73 Å². The second-order valence-corrected chi connectivity index (χ2v) is 5.02. The molecule has 0 radical (unpaired) electrons. The van der Waals surface area contributed by atoms with Crippen molar-refractivity contribution in [3.8, 4) is 0 Å². The Morgan fingerprint density at radius 2 is 2.33 bits per heavy atom. The molecule has 0 aliphatic rings. The van der Waals surface area contributed by atoms with Gasteiger partial charge in [0.15, 0.2) is 0 Å². The Balaban J connectivity index is 2.30. The molecule has 0 saturated heterocycles. The lowest BCUT2D eigenvalue weighted by Gasteiger charge is -2.26. The summed E-state index contributed by atoms with van der Waals surface area (Å²) in [5.74, 6) is 0. The van der Waals surface area contributed by atoms with E-state index in [1.165, 1.54) is 17.7 Å². The molecule has 2 nitrogen and oxygen atoms in total. The third kappa shape index (κ3) is 4.33. The summed E-state index contributed by atoms with van der Waals surface area (Å²) in [6.45, 7) is 4.10. The number of likely N-dealkylation sites (N-methyl/N-ethyl adjacent to an activating group) is 1. The van der Waals surface area contributed by atoms with Gasteiger partial charge < -0.3 is 10.6 Å². The van der Waals surface area contributed by atoms with Crippen LogP contribution in [0, 0.1) is 0 Å². The Hall–Kier alpha value is -0.380. The van der Waals surface area contributed by atoms with Gasteiger partial charge in [-0.15, -0.1) is 11.3 Å². The van der Waals surface area contributed by atoms with Crippen LogP contribution in [0.15, 0.2) is 17.5 Å². The SMILES string of the molecule is CCCC(CN)N(C)CCc1cccs1. The molecule has 0 amide bonds. The number of nitrogens with two attached hydrogens (primary N) is 1. The van der Waals surface area contributed by atoms with Crippen molar-refractivity contribution < 1.29 is 0 Å². The Labute approximate surface area is 97.1 Å². The topological polar surface area (TPSA) is 29.3 Å². The first-order valence-electron chi connectivity index (χ1n) is 5.70. The average Bonchev–Trinajstić information content (AvgIpc) is 2.75. The molecule has 3 heteroatoms. The Bertz CT molecular complexity index is 246. The smallest absolute Gasteiger partial charge is 0.0215 e. The highest BCUT2D eigenvalue weighted by atomic mass is 32.1. The largest absolute Gasteiger partial charge is 0.329 e. The lowest BCUT2D eigenvalue weighted by atomic mass is 10.1. The Morgan fingerprint density at radius 3 is 2.87 bits per heavy atom. The lowest BCUT2D eigenvalue weighted by molar-refractivity contribution is 0.237. The summed E-state index contributed by atoms with van der Waals surface area (Å²) in [4.78, 5) is 3.86. The van der Waals surface area contributed by atoms with E-state index in [1.54, 1.807) is 0 Å². The van der Waals surface area contributed by atoms with Gasteiger partial charge in [0.1, 0.15) is 0 Å². The molecule has 1 rings (SSSR count). The van der Waals surface area contributed by atoms with Crippen LogP contribution >= 0.6 is 11.3 Å². The molecule has 1 aromatic heterocycles. The van der Waals surface area contributed by atoms with Gasteiger partial charge in [0, 0.05) is 24.0 Å². The summed E-state index contributed by atoms with van der Waals surface area (Å²) in [6.07, 6.45) is 3.57. The maximum atomic E-state index is 5.77. The first-order valence-corrected chi connectivity index (χ1v) is 6.58. The molecule has 1 atom stereocenters. The summed E-state index contributed by atoms with van der Waals surface area (Å²) in [5.41, 5.74) is 5.77. The molecule has 1 heterocycles. The molecule has 15 heavy (non-hydrogen) atoms. The van der Waals surface area contributed by atoms with E-state index in [-0.39, 0.29) is 0 Å². The molecular weight excluding hydrogens is 204 g/mol. The van der Waals surface area contributed by atoms with Gasteiger partial charge in [-0.05, 0) is 31.3 Å². The molecule has 0 spiro atoms. The minimum atomic E-state index is 0.551. The van der Waals surface area contributed by atoms with Gasteiger partial charge in [-0.2, -0.15) is 0 Å². The van der Waals surface area contributed by atoms with Crippen molar-refractivity contribution in [3.63, 3.8) is 0 Å². The second kappa shape index (κ2) is 6.99. The molecular formula is C12H22N2S. The summed E-state index contributed by atoms with van der Waals surface area (Å²) in [6, 6.07) is 4.87. The van der Waals surface area contributed by atoms with E-state index in [9.17, 15) is 0 Å². The average molecular weight is 226 g/mol. The molecule has 2 N–H and O–H groups in total. The van der Waals surface area contributed by atoms with Crippen LogP contribution in [0.1, 0.15) is 24.6 Å². The maximum absolute atomic E-state index is 5.77. The molecule has 0 aromatic carbocycles. The van der Waals surface area contributed by atoms with E-state index in [1.807, 2.05) is 11.3 Å². The van der Waals surface area contributed by atoms with E-state index in [0.717, 1.165) is 19.5 Å². The zero-order valence-electron chi connectivity index (χ0n) is 9.78. The van der Waals surface area contributed by atoms with Crippen LogP contribution in [0.5, 0.6) is 0 Å². The van der Waals surface area contributed by atoms with Crippen molar-refractivity contribution in [2.45, 2.75) is 32.2 Å². The summed E-state index contributed by atoms with van der Waals surface area (Å²) >= 11 is 1.84. The predicted molar refractivity (Wildman–Crippen MR) is 68.4 cm³/mol. The zero-order chi connectivity index (χ0) is 11.1. The standard InChI is InChI=1S/C12H22N2S/c1-3-5-11(10-13)14(2)8-7-12-6-4-9-15-12/h4,6,9,11H,3,5,7-8,10,13H2,1-2H3. The van der Waals surface area contributed by atoms with E-state index in [2.05, 4.69) is 36.4 Å². The molecule has 0 fully saturated rings. The van der Waals surface area contributed by atoms with E-state index >= 15 is 0 Å². The van der Waals surface area contributed by atoms with Crippen molar-refractivity contribution in [1.82, 2.24) is 4.90 Å². The highest BCUT2D eigenvalue weighted by Crippen LogP contribution is 2.11. The number of rotatable bonds is 7. The second-order valence-electron chi connectivity index (χ2n) is 3.99. The van der Waals surface area contributed by atoms with Crippen LogP contribution in [-0.4, -0.2) is 31.1 Å². The van der Waals surface area contributed by atoms with Crippen molar-refractivity contribution >= 4 is 11.3 Å². The third-order valence-corrected chi connectivity index (χ3v) is 3.74. The van der Waals surface area contributed by atoms with Gasteiger partial charge in [-0.25, -0.2) is 0 Å². The number of hydrogen-bond acceptors (Lipinski definition) is 3. The Morgan fingerprint density at radius 1 is 1.53 bits per heavy atom. The molecule has 0 aliphatic heterocycles. The highest BCUT2D eigenvalue weighted by molar-refractivity contribution is 7.09. The van der Waals surface area contributed by atoms with Crippen LogP contribution in [0.3, 0.4) is 0 Å². The van der Waals surface area contributed by atoms with Crippen LogP contribution < -0.4 is 5.73 Å². The quantitative estimate of drug-likeness (QED) is 0.773. The van der Waals surface area contributed by atoms with Gasteiger partial charge in [0.25, 0.3) is 0 Å². The van der Waals surface area contributed by atoms with E-state index in [4.69, 9.17) is 5.73 Å². The van der Waals surface area contributed by atoms with E-state index < -0.39 is 0 Å². The van der Waals surface area contributed by atoms with Crippen molar-refractivity contribution in [1.29, 1.82) is 0 Å². The molecule has 0 saturated carbocycles. The Kier molecular flexibility index (Phi) is 5.91. The van der Waals surface area contributed by atoms with Crippen LogP contribution in [-0.2, 0) is 6.42 Å². The normalized spacial score (nSPS) is 13.3. The van der Waals surface area contributed by atoms with E-state index in [0.29, 0.717) is 6.04 Å². The van der Waals surface area contributed by atoms with Crippen LogP contribution in [0.2, 0.25) is 0 Å². The lowest BCUT2D eigenvalue weighted by Crippen LogP contribution is -2.38. The predicted octanol–water partition coefficient (Wildman–Crippen LogP) is 2.35. The molecule has 1 aromatic rings. The van der Waals surface area contributed by atoms with Gasteiger partial charge in [-0.1, -0.05) is 19.4 Å². The summed E-state index contributed by atoms with van der Waals surface area (Å²) in [7, 11) is 2.18. The zero-order valence-corrected chi connectivity index (χ0v) is 10.6. The number of nitrogens with zero attached hydrogens (tertiary/aromatic N) is 1. The highest BCUT2D eigenvalue weighted by Gasteiger charge is 2.11. The first kappa shape index (κ1) is 12.7. The van der Waals surface area contributed by atoms with Gasteiger partial charge in [0.05, 0.1) is 0 Å². The summed E-state index contributed by atoms with van der Waals surface area (Å²) in [5, 5.41) is 2.14. The molecule has 1 unspecified atom stereocenters. The molecule has 86 valence electrons. The first-order chi connectivity index (χ1) is 7.27. The fraction of sp³-hybridized carbons (Fsp3) is 0.667. The summed E-state index contributed by atoms with van der Waals surface area (Å²) < 4.78 is 0. The van der Waals surface area contributed by atoms with Gasteiger partial charge >= 0.3 is 0 Å². The molecule has 0 bridgehead atoms. The van der Waals surface area contributed by atoms with Crippen LogP contribution in [0.4, 0.5) is 0 Å². The number of hydrogen-bond donors (Lipinski definition) is 1.